The standard InChI is InChI=1S/C15H22N4/c1-6-14(16-5)15-8-7-13(9-17-15)19-12(4)10(2)11(3)18-19/h7-9,14,16H,6H2,1-5H3. The molecular weight excluding hydrogens is 236 g/mol. The van der Waals surface area contributed by atoms with Crippen molar-refractivity contribution in [2.24, 2.45) is 0 Å². The van der Waals surface area contributed by atoms with Gasteiger partial charge >= 0.3 is 0 Å². The predicted octanol–water partition coefficient (Wildman–Crippen LogP) is 2.86. The molecule has 0 radical (unpaired) electrons. The molecule has 2 heterocycles. The first kappa shape index (κ1) is 13.7. The molecule has 0 aliphatic carbocycles. The smallest absolute Gasteiger partial charge is 0.0832 e. The second-order valence-corrected chi connectivity index (χ2v) is 4.90. The lowest BCUT2D eigenvalue weighted by atomic mass is 10.1. The largest absolute Gasteiger partial charge is 0.312 e. The molecule has 0 saturated carbocycles. The SMILES string of the molecule is CCC(NC)c1ccc(-n2nc(C)c(C)c2C)cn1. The molecular formula is C15H22N4. The van der Waals surface area contributed by atoms with Gasteiger partial charge in [0.2, 0.25) is 0 Å². The molecule has 0 amide bonds. The van der Waals surface area contributed by atoms with Gasteiger partial charge in [-0.1, -0.05) is 6.92 Å². The molecule has 0 bridgehead atoms. The van der Waals surface area contributed by atoms with Crippen molar-refractivity contribution in [2.45, 2.75) is 40.2 Å². The van der Waals surface area contributed by atoms with Crippen LogP contribution in [0.4, 0.5) is 0 Å². The van der Waals surface area contributed by atoms with E-state index in [0.717, 1.165) is 23.5 Å². The molecule has 0 aliphatic rings. The number of nitrogens with zero attached hydrogens (tertiary/aromatic N) is 3. The summed E-state index contributed by atoms with van der Waals surface area (Å²) in [5.74, 6) is 0. The van der Waals surface area contributed by atoms with Gasteiger partial charge in [-0.05, 0) is 51.9 Å². The third-order valence-electron chi connectivity index (χ3n) is 3.78. The molecule has 19 heavy (non-hydrogen) atoms. The molecule has 2 aromatic heterocycles. The Morgan fingerprint density at radius 1 is 1.26 bits per heavy atom. The Hall–Kier alpha value is -1.68. The number of rotatable bonds is 4. The minimum Gasteiger partial charge on any atom is -0.312 e. The lowest BCUT2D eigenvalue weighted by Crippen LogP contribution is -2.16. The van der Waals surface area contributed by atoms with Crippen LogP contribution < -0.4 is 5.32 Å². The summed E-state index contributed by atoms with van der Waals surface area (Å²) in [6.45, 7) is 8.38. The number of hydrogen-bond donors (Lipinski definition) is 1. The highest BCUT2D eigenvalue weighted by atomic mass is 15.3. The Kier molecular flexibility index (Phi) is 4.00. The molecule has 4 heteroatoms. The summed E-state index contributed by atoms with van der Waals surface area (Å²) >= 11 is 0. The molecule has 0 fully saturated rings. The molecule has 0 spiro atoms. The van der Waals surface area contributed by atoms with E-state index < -0.39 is 0 Å². The van der Waals surface area contributed by atoms with Gasteiger partial charge < -0.3 is 5.32 Å². The zero-order valence-corrected chi connectivity index (χ0v) is 12.4. The van der Waals surface area contributed by atoms with E-state index in [2.05, 4.69) is 48.3 Å². The number of nitrogens with one attached hydrogen (secondary N) is 1. The van der Waals surface area contributed by atoms with Gasteiger partial charge in [-0.2, -0.15) is 5.10 Å². The summed E-state index contributed by atoms with van der Waals surface area (Å²) in [5.41, 5.74) is 5.58. The van der Waals surface area contributed by atoms with Crippen LogP contribution in [0.25, 0.3) is 5.69 Å². The third-order valence-corrected chi connectivity index (χ3v) is 3.78. The summed E-state index contributed by atoms with van der Waals surface area (Å²) in [4.78, 5) is 4.55. The quantitative estimate of drug-likeness (QED) is 0.917. The van der Waals surface area contributed by atoms with Gasteiger partial charge in [-0.25, -0.2) is 4.68 Å². The van der Waals surface area contributed by atoms with Gasteiger partial charge in [0.1, 0.15) is 0 Å². The van der Waals surface area contributed by atoms with E-state index in [1.165, 1.54) is 11.3 Å². The summed E-state index contributed by atoms with van der Waals surface area (Å²) in [7, 11) is 1.97. The maximum absolute atomic E-state index is 4.56. The highest BCUT2D eigenvalue weighted by molar-refractivity contribution is 5.35. The van der Waals surface area contributed by atoms with Crippen LogP contribution in [0.3, 0.4) is 0 Å². The number of aryl methyl sites for hydroxylation is 1. The fourth-order valence-electron chi connectivity index (χ4n) is 2.26. The molecule has 1 unspecified atom stereocenters. The molecule has 0 aliphatic heterocycles. The first-order valence-electron chi connectivity index (χ1n) is 6.74. The van der Waals surface area contributed by atoms with Gasteiger partial charge in [0, 0.05) is 11.7 Å². The molecule has 4 nitrogen and oxygen atoms in total. The van der Waals surface area contributed by atoms with Crippen LogP contribution >= 0.6 is 0 Å². The van der Waals surface area contributed by atoms with Crippen molar-refractivity contribution >= 4 is 0 Å². The minimum absolute atomic E-state index is 0.316. The van der Waals surface area contributed by atoms with Gasteiger partial charge in [0.05, 0.1) is 23.3 Å². The van der Waals surface area contributed by atoms with Crippen molar-refractivity contribution in [1.82, 2.24) is 20.1 Å². The summed E-state index contributed by atoms with van der Waals surface area (Å²) in [5, 5.41) is 7.82. The van der Waals surface area contributed by atoms with Crippen molar-refractivity contribution in [3.05, 3.63) is 41.0 Å². The fourth-order valence-corrected chi connectivity index (χ4v) is 2.26. The minimum atomic E-state index is 0.316. The van der Waals surface area contributed by atoms with Crippen molar-refractivity contribution in [2.75, 3.05) is 7.05 Å². The predicted molar refractivity (Wildman–Crippen MR) is 77.7 cm³/mol. The number of pyridine rings is 1. The Morgan fingerprint density at radius 2 is 2.00 bits per heavy atom. The van der Waals surface area contributed by atoms with E-state index in [1.807, 2.05) is 24.9 Å². The Labute approximate surface area is 114 Å². The first-order valence-corrected chi connectivity index (χ1v) is 6.74. The molecule has 102 valence electrons. The van der Waals surface area contributed by atoms with Crippen LogP contribution in [0.15, 0.2) is 18.3 Å². The molecule has 1 atom stereocenters. The zero-order chi connectivity index (χ0) is 14.0. The highest BCUT2D eigenvalue weighted by Crippen LogP contribution is 2.18. The maximum Gasteiger partial charge on any atom is 0.0832 e. The van der Waals surface area contributed by atoms with Gasteiger partial charge in [-0.3, -0.25) is 4.98 Å². The third kappa shape index (κ3) is 2.54. The van der Waals surface area contributed by atoms with Crippen LogP contribution in [0.2, 0.25) is 0 Å². The second-order valence-electron chi connectivity index (χ2n) is 4.90. The van der Waals surface area contributed by atoms with Gasteiger partial charge in [0.25, 0.3) is 0 Å². The number of aromatic nitrogens is 3. The van der Waals surface area contributed by atoms with Crippen molar-refractivity contribution in [3.8, 4) is 5.69 Å². The lowest BCUT2D eigenvalue weighted by molar-refractivity contribution is 0.561. The van der Waals surface area contributed by atoms with E-state index in [9.17, 15) is 0 Å². The molecule has 2 aromatic rings. The fraction of sp³-hybridized carbons (Fsp3) is 0.467. The Bertz CT molecular complexity index is 550. The lowest BCUT2D eigenvalue weighted by Gasteiger charge is -2.13. The highest BCUT2D eigenvalue weighted by Gasteiger charge is 2.11. The van der Waals surface area contributed by atoms with Gasteiger partial charge in [-0.15, -0.1) is 0 Å². The summed E-state index contributed by atoms with van der Waals surface area (Å²) in [6, 6.07) is 4.48. The van der Waals surface area contributed by atoms with E-state index in [0.29, 0.717) is 6.04 Å². The van der Waals surface area contributed by atoms with E-state index in [-0.39, 0.29) is 0 Å². The zero-order valence-electron chi connectivity index (χ0n) is 12.4. The molecule has 1 N–H and O–H groups in total. The van der Waals surface area contributed by atoms with Crippen molar-refractivity contribution in [1.29, 1.82) is 0 Å². The van der Waals surface area contributed by atoms with E-state index in [1.54, 1.807) is 0 Å². The van der Waals surface area contributed by atoms with Crippen LogP contribution in [0.5, 0.6) is 0 Å². The maximum atomic E-state index is 4.56. The topological polar surface area (TPSA) is 42.7 Å². The Morgan fingerprint density at radius 3 is 2.42 bits per heavy atom. The monoisotopic (exact) mass is 258 g/mol. The van der Waals surface area contributed by atoms with Crippen LogP contribution in [0.1, 0.15) is 42.0 Å². The van der Waals surface area contributed by atoms with Crippen LogP contribution in [0, 0.1) is 20.8 Å². The molecule has 0 saturated heterocycles. The van der Waals surface area contributed by atoms with Crippen LogP contribution in [-0.4, -0.2) is 21.8 Å². The van der Waals surface area contributed by atoms with Crippen molar-refractivity contribution in [3.63, 3.8) is 0 Å². The van der Waals surface area contributed by atoms with Crippen molar-refractivity contribution < 1.29 is 0 Å². The first-order chi connectivity index (χ1) is 9.08. The van der Waals surface area contributed by atoms with E-state index in [4.69, 9.17) is 0 Å². The average molecular weight is 258 g/mol. The number of hydrogen-bond acceptors (Lipinski definition) is 3. The van der Waals surface area contributed by atoms with Crippen LogP contribution in [-0.2, 0) is 0 Å². The van der Waals surface area contributed by atoms with E-state index >= 15 is 0 Å². The molecule has 0 aromatic carbocycles. The summed E-state index contributed by atoms with van der Waals surface area (Å²) < 4.78 is 1.96. The average Bonchev–Trinajstić information content (AvgIpc) is 2.69. The van der Waals surface area contributed by atoms with Gasteiger partial charge in [0.15, 0.2) is 0 Å². The normalized spacial score (nSPS) is 12.7. The second kappa shape index (κ2) is 5.53. The molecule has 2 rings (SSSR count). The Balaban J connectivity index is 2.34. The summed E-state index contributed by atoms with van der Waals surface area (Å²) in [6.07, 6.45) is 2.93.